The molecular weight excluding hydrogens is 366 g/mol. The molecule has 1 saturated heterocycles. The van der Waals surface area contributed by atoms with Gasteiger partial charge in [0, 0.05) is 37.7 Å². The minimum atomic E-state index is -3.60. The molecule has 2 aliphatic heterocycles. The Bertz CT molecular complexity index is 814. The van der Waals surface area contributed by atoms with Crippen LogP contribution in [-0.4, -0.2) is 44.2 Å². The second-order valence-electron chi connectivity index (χ2n) is 7.19. The van der Waals surface area contributed by atoms with Crippen molar-refractivity contribution in [3.8, 4) is 0 Å². The van der Waals surface area contributed by atoms with Crippen LogP contribution in [0.1, 0.15) is 44.6 Å². The maximum Gasteiger partial charge on any atom is 0.243 e. The summed E-state index contributed by atoms with van der Waals surface area (Å²) in [4.78, 5) is 24.0. The molecule has 0 aromatic heterocycles. The van der Waals surface area contributed by atoms with Gasteiger partial charge in [-0.25, -0.2) is 8.42 Å². The molecule has 7 nitrogen and oxygen atoms in total. The van der Waals surface area contributed by atoms with E-state index >= 15 is 0 Å². The monoisotopic (exact) mass is 393 g/mol. The first-order valence-electron chi connectivity index (χ1n) is 9.62. The standard InChI is InChI=1S/C19H27N3O4S/c1-2-10-20-19(24)14-8-11-22(12-9-14)27(25,26)16-6-7-17-15(13-16)4-3-5-18(23)21-17/h6-7,13-14H,2-5,8-12H2,1H3,(H,20,24)(H,21,23). The third-order valence-corrected chi connectivity index (χ3v) is 7.11. The van der Waals surface area contributed by atoms with Crippen LogP contribution in [0, 0.1) is 5.92 Å². The maximum atomic E-state index is 13.0. The van der Waals surface area contributed by atoms with Crippen LogP contribution >= 0.6 is 0 Å². The summed E-state index contributed by atoms with van der Waals surface area (Å²) in [5, 5.41) is 5.71. The van der Waals surface area contributed by atoms with Gasteiger partial charge in [0.1, 0.15) is 0 Å². The summed E-state index contributed by atoms with van der Waals surface area (Å²) in [5.74, 6) is -0.132. The third kappa shape index (κ3) is 4.50. The van der Waals surface area contributed by atoms with Crippen molar-refractivity contribution in [2.75, 3.05) is 25.0 Å². The first-order chi connectivity index (χ1) is 12.9. The van der Waals surface area contributed by atoms with E-state index in [9.17, 15) is 18.0 Å². The van der Waals surface area contributed by atoms with Gasteiger partial charge in [-0.3, -0.25) is 9.59 Å². The highest BCUT2D eigenvalue weighted by Crippen LogP contribution is 2.29. The average Bonchev–Trinajstić information content (AvgIpc) is 2.86. The van der Waals surface area contributed by atoms with E-state index in [1.165, 1.54) is 4.31 Å². The highest BCUT2D eigenvalue weighted by atomic mass is 32.2. The van der Waals surface area contributed by atoms with Gasteiger partial charge in [0.05, 0.1) is 4.90 Å². The van der Waals surface area contributed by atoms with Crippen LogP contribution in [-0.2, 0) is 26.0 Å². The molecule has 8 heteroatoms. The molecule has 2 N–H and O–H groups in total. The fraction of sp³-hybridized carbons (Fsp3) is 0.579. The van der Waals surface area contributed by atoms with E-state index in [0.717, 1.165) is 12.0 Å². The van der Waals surface area contributed by atoms with Crippen LogP contribution in [0.5, 0.6) is 0 Å². The van der Waals surface area contributed by atoms with Gasteiger partial charge in [0.2, 0.25) is 21.8 Å². The summed E-state index contributed by atoms with van der Waals surface area (Å²) < 4.78 is 27.5. The molecule has 0 radical (unpaired) electrons. The minimum absolute atomic E-state index is 0.0228. The third-order valence-electron chi connectivity index (χ3n) is 5.21. The Kier molecular flexibility index (Phi) is 6.16. The first-order valence-corrected chi connectivity index (χ1v) is 11.1. The lowest BCUT2D eigenvalue weighted by Gasteiger charge is -2.30. The van der Waals surface area contributed by atoms with Gasteiger partial charge in [-0.15, -0.1) is 0 Å². The van der Waals surface area contributed by atoms with Gasteiger partial charge in [-0.2, -0.15) is 4.31 Å². The van der Waals surface area contributed by atoms with E-state index in [-0.39, 0.29) is 22.6 Å². The zero-order valence-electron chi connectivity index (χ0n) is 15.7. The number of nitrogens with one attached hydrogen (secondary N) is 2. The molecule has 148 valence electrons. The molecule has 27 heavy (non-hydrogen) atoms. The van der Waals surface area contributed by atoms with Crippen LogP contribution < -0.4 is 10.6 Å². The zero-order valence-corrected chi connectivity index (χ0v) is 16.5. The van der Waals surface area contributed by atoms with Crippen molar-refractivity contribution in [3.63, 3.8) is 0 Å². The number of piperidine rings is 1. The number of carbonyl (C=O) groups is 2. The highest BCUT2D eigenvalue weighted by Gasteiger charge is 2.32. The molecular formula is C19H27N3O4S. The van der Waals surface area contributed by atoms with Gasteiger partial charge in [0.15, 0.2) is 0 Å². The molecule has 2 heterocycles. The maximum absolute atomic E-state index is 13.0. The van der Waals surface area contributed by atoms with Crippen LogP contribution in [0.15, 0.2) is 23.1 Å². The summed E-state index contributed by atoms with van der Waals surface area (Å²) in [6, 6.07) is 4.91. The van der Waals surface area contributed by atoms with E-state index < -0.39 is 10.0 Å². The number of hydrogen-bond donors (Lipinski definition) is 2. The van der Waals surface area contributed by atoms with Gasteiger partial charge in [0.25, 0.3) is 0 Å². The number of fused-ring (bicyclic) bond motifs is 1. The van der Waals surface area contributed by atoms with Crippen molar-refractivity contribution in [3.05, 3.63) is 23.8 Å². The van der Waals surface area contributed by atoms with Crippen molar-refractivity contribution in [2.24, 2.45) is 5.92 Å². The van der Waals surface area contributed by atoms with Gasteiger partial charge in [-0.1, -0.05) is 6.92 Å². The summed E-state index contributed by atoms with van der Waals surface area (Å²) in [7, 11) is -3.60. The largest absolute Gasteiger partial charge is 0.356 e. The molecule has 0 spiro atoms. The topological polar surface area (TPSA) is 95.6 Å². The molecule has 3 rings (SSSR count). The number of nitrogens with zero attached hydrogens (tertiary/aromatic N) is 1. The fourth-order valence-corrected chi connectivity index (χ4v) is 5.13. The second-order valence-corrected chi connectivity index (χ2v) is 9.13. The summed E-state index contributed by atoms with van der Waals surface area (Å²) >= 11 is 0. The van der Waals surface area contributed by atoms with Crippen molar-refractivity contribution in [1.82, 2.24) is 9.62 Å². The van der Waals surface area contributed by atoms with Crippen LogP contribution in [0.2, 0.25) is 0 Å². The zero-order chi connectivity index (χ0) is 19.4. The van der Waals surface area contributed by atoms with Crippen LogP contribution in [0.4, 0.5) is 5.69 Å². The molecule has 0 atom stereocenters. The SMILES string of the molecule is CCCNC(=O)C1CCN(S(=O)(=O)c2ccc3c(c2)CCCC(=O)N3)CC1. The number of sulfonamides is 1. The lowest BCUT2D eigenvalue weighted by Crippen LogP contribution is -2.43. The number of anilines is 1. The lowest BCUT2D eigenvalue weighted by molar-refractivity contribution is -0.126. The molecule has 0 saturated carbocycles. The summed E-state index contributed by atoms with van der Waals surface area (Å²) in [5.41, 5.74) is 1.55. The Hall–Kier alpha value is -1.93. The van der Waals surface area contributed by atoms with Crippen molar-refractivity contribution < 1.29 is 18.0 Å². The van der Waals surface area contributed by atoms with Gasteiger partial charge >= 0.3 is 0 Å². The predicted molar refractivity (Wildman–Crippen MR) is 103 cm³/mol. The highest BCUT2D eigenvalue weighted by molar-refractivity contribution is 7.89. The van der Waals surface area contributed by atoms with Crippen LogP contribution in [0.3, 0.4) is 0 Å². The Morgan fingerprint density at radius 1 is 1.26 bits per heavy atom. The van der Waals surface area contributed by atoms with Gasteiger partial charge < -0.3 is 10.6 Å². The van der Waals surface area contributed by atoms with Crippen molar-refractivity contribution >= 4 is 27.5 Å². The van der Waals surface area contributed by atoms with E-state index in [2.05, 4.69) is 10.6 Å². The Labute approximate surface area is 160 Å². The molecule has 0 aliphatic carbocycles. The number of rotatable bonds is 5. The second kappa shape index (κ2) is 8.39. The predicted octanol–water partition coefficient (Wildman–Crippen LogP) is 1.89. The molecule has 1 fully saturated rings. The smallest absolute Gasteiger partial charge is 0.243 e. The number of benzene rings is 1. The molecule has 1 aromatic rings. The normalized spacial score (nSPS) is 19.1. The number of carbonyl (C=O) groups excluding carboxylic acids is 2. The molecule has 2 amide bonds. The quantitative estimate of drug-likeness (QED) is 0.798. The number of hydrogen-bond acceptors (Lipinski definition) is 4. The lowest BCUT2D eigenvalue weighted by atomic mass is 9.97. The number of aryl methyl sites for hydroxylation is 1. The Morgan fingerprint density at radius 2 is 2.00 bits per heavy atom. The molecule has 0 unspecified atom stereocenters. The Balaban J connectivity index is 1.70. The summed E-state index contributed by atoms with van der Waals surface area (Å²) in [6.45, 7) is 3.35. The van der Waals surface area contributed by atoms with E-state index in [1.54, 1.807) is 18.2 Å². The fourth-order valence-electron chi connectivity index (χ4n) is 3.61. The molecule has 2 aliphatic rings. The first kappa shape index (κ1) is 19.8. The minimum Gasteiger partial charge on any atom is -0.356 e. The summed E-state index contributed by atoms with van der Waals surface area (Å²) in [6.07, 6.45) is 3.80. The van der Waals surface area contributed by atoms with Crippen molar-refractivity contribution in [2.45, 2.75) is 50.3 Å². The number of amides is 2. The van der Waals surface area contributed by atoms with E-state index in [4.69, 9.17) is 0 Å². The molecule has 1 aromatic carbocycles. The molecule has 0 bridgehead atoms. The van der Waals surface area contributed by atoms with E-state index in [0.29, 0.717) is 57.4 Å². The average molecular weight is 394 g/mol. The Morgan fingerprint density at radius 3 is 2.70 bits per heavy atom. The van der Waals surface area contributed by atoms with Crippen molar-refractivity contribution in [1.29, 1.82) is 0 Å². The van der Waals surface area contributed by atoms with Crippen LogP contribution in [0.25, 0.3) is 0 Å². The van der Waals surface area contributed by atoms with Gasteiger partial charge in [-0.05, 0) is 55.9 Å². The van der Waals surface area contributed by atoms with E-state index in [1.807, 2.05) is 6.92 Å².